The molecule has 3 rings (SSSR count). The molecule has 0 aliphatic carbocycles. The van der Waals surface area contributed by atoms with Gasteiger partial charge in [0.1, 0.15) is 11.5 Å². The Balaban J connectivity index is 0.00000300. The second kappa shape index (κ2) is 11.2. The van der Waals surface area contributed by atoms with Gasteiger partial charge in [-0.05, 0) is 35.9 Å². The maximum atomic E-state index is 5.74. The number of pyridine rings is 1. The largest absolute Gasteiger partial charge is 0.497 e. The Morgan fingerprint density at radius 2 is 1.76 bits per heavy atom. The molecule has 0 unspecified atom stereocenters. The van der Waals surface area contributed by atoms with Crippen molar-refractivity contribution in [1.82, 2.24) is 25.4 Å². The molecule has 0 aliphatic rings. The molecule has 2 N–H and O–H groups in total. The van der Waals surface area contributed by atoms with Gasteiger partial charge < -0.3 is 20.1 Å². The van der Waals surface area contributed by atoms with Crippen molar-refractivity contribution in [2.75, 3.05) is 14.2 Å². The molecule has 0 fully saturated rings. The lowest BCUT2D eigenvalue weighted by Crippen LogP contribution is -2.36. The predicted octanol–water partition coefficient (Wildman–Crippen LogP) is 3.10. The summed E-state index contributed by atoms with van der Waals surface area (Å²) in [6, 6.07) is 13.1. The van der Waals surface area contributed by atoms with E-state index in [1.165, 1.54) is 0 Å². The van der Waals surface area contributed by atoms with Crippen molar-refractivity contribution in [2.45, 2.75) is 13.1 Å². The molecule has 9 heteroatoms. The molecule has 0 amide bonds. The minimum atomic E-state index is 0. The minimum Gasteiger partial charge on any atom is -0.497 e. The first-order chi connectivity index (χ1) is 13.7. The summed E-state index contributed by atoms with van der Waals surface area (Å²) in [7, 11) is 5.28. The van der Waals surface area contributed by atoms with Gasteiger partial charge in [-0.3, -0.25) is 9.67 Å². The van der Waals surface area contributed by atoms with Crippen molar-refractivity contribution in [3.8, 4) is 17.4 Å². The van der Waals surface area contributed by atoms with Crippen LogP contribution in [0.25, 0.3) is 0 Å². The zero-order valence-corrected chi connectivity index (χ0v) is 19.0. The van der Waals surface area contributed by atoms with Gasteiger partial charge in [0.15, 0.2) is 5.96 Å². The summed E-state index contributed by atoms with van der Waals surface area (Å²) in [4.78, 5) is 8.58. The molecule has 0 radical (unpaired) electrons. The maximum absolute atomic E-state index is 5.74. The Hall–Kier alpha value is -2.82. The number of aromatic nitrogens is 3. The highest BCUT2D eigenvalue weighted by molar-refractivity contribution is 14.0. The van der Waals surface area contributed by atoms with Gasteiger partial charge in [-0.25, -0.2) is 4.98 Å². The number of guanidine groups is 1. The van der Waals surface area contributed by atoms with Crippen molar-refractivity contribution < 1.29 is 9.47 Å². The number of benzene rings is 1. The quantitative estimate of drug-likeness (QED) is 0.290. The van der Waals surface area contributed by atoms with Crippen LogP contribution in [0.2, 0.25) is 0 Å². The third-order valence-electron chi connectivity index (χ3n) is 4.12. The number of rotatable bonds is 7. The molecule has 0 atom stereocenters. The van der Waals surface area contributed by atoms with Crippen LogP contribution < -0.4 is 20.1 Å². The van der Waals surface area contributed by atoms with Crippen molar-refractivity contribution in [3.05, 3.63) is 66.1 Å². The van der Waals surface area contributed by atoms with Gasteiger partial charge in [-0.15, -0.1) is 24.0 Å². The fraction of sp³-hybridized carbons (Fsp3) is 0.250. The van der Waals surface area contributed by atoms with Crippen LogP contribution in [0.4, 0.5) is 0 Å². The Morgan fingerprint density at radius 1 is 1.03 bits per heavy atom. The van der Waals surface area contributed by atoms with E-state index >= 15 is 0 Å². The number of aryl methyl sites for hydroxylation is 1. The molecule has 29 heavy (non-hydrogen) atoms. The molecular weight excluding hydrogens is 483 g/mol. The van der Waals surface area contributed by atoms with Crippen LogP contribution in [0.5, 0.6) is 17.4 Å². The highest BCUT2D eigenvalue weighted by atomic mass is 127. The molecule has 3 aromatic rings. The van der Waals surface area contributed by atoms with E-state index in [-0.39, 0.29) is 24.0 Å². The first-order valence-electron chi connectivity index (χ1n) is 8.86. The summed E-state index contributed by atoms with van der Waals surface area (Å²) in [6.45, 7) is 1.24. The van der Waals surface area contributed by atoms with E-state index in [1.807, 2.05) is 54.2 Å². The number of methoxy groups -OCH3 is 1. The molecule has 0 spiro atoms. The number of nitrogens with zero attached hydrogens (tertiary/aromatic N) is 4. The van der Waals surface area contributed by atoms with E-state index in [0.717, 1.165) is 17.0 Å². The van der Waals surface area contributed by atoms with Gasteiger partial charge in [0.2, 0.25) is 5.88 Å². The summed E-state index contributed by atoms with van der Waals surface area (Å²) in [5, 5.41) is 10.7. The molecule has 1 aromatic carbocycles. The molecular formula is C20H25IN6O2. The molecule has 2 heterocycles. The van der Waals surface area contributed by atoms with E-state index in [2.05, 4.69) is 25.7 Å². The van der Waals surface area contributed by atoms with Gasteiger partial charge in [-0.1, -0.05) is 6.07 Å². The monoisotopic (exact) mass is 508 g/mol. The van der Waals surface area contributed by atoms with E-state index in [9.17, 15) is 0 Å². The normalized spacial score (nSPS) is 10.8. The number of ether oxygens (including phenoxy) is 2. The second-order valence-electron chi connectivity index (χ2n) is 6.01. The molecule has 8 nitrogen and oxygen atoms in total. The average Bonchev–Trinajstić information content (AvgIpc) is 3.14. The van der Waals surface area contributed by atoms with Crippen molar-refractivity contribution in [1.29, 1.82) is 0 Å². The lowest BCUT2D eigenvalue weighted by atomic mass is 10.3. The fourth-order valence-corrected chi connectivity index (χ4v) is 2.50. The molecule has 2 aromatic heterocycles. The number of hydrogen-bond donors (Lipinski definition) is 2. The molecule has 0 saturated carbocycles. The fourth-order valence-electron chi connectivity index (χ4n) is 2.50. The van der Waals surface area contributed by atoms with Crippen LogP contribution in [0.15, 0.2) is 59.9 Å². The van der Waals surface area contributed by atoms with Gasteiger partial charge in [-0.2, -0.15) is 5.10 Å². The number of halogens is 1. The third-order valence-corrected chi connectivity index (χ3v) is 4.12. The summed E-state index contributed by atoms with van der Waals surface area (Å²) >= 11 is 0. The highest BCUT2D eigenvalue weighted by Crippen LogP contribution is 2.22. The van der Waals surface area contributed by atoms with E-state index in [4.69, 9.17) is 9.47 Å². The Kier molecular flexibility index (Phi) is 8.71. The first kappa shape index (κ1) is 22.5. The van der Waals surface area contributed by atoms with Crippen molar-refractivity contribution in [2.24, 2.45) is 12.0 Å². The second-order valence-corrected chi connectivity index (χ2v) is 6.01. The van der Waals surface area contributed by atoms with Gasteiger partial charge in [0.25, 0.3) is 0 Å². The summed E-state index contributed by atoms with van der Waals surface area (Å²) in [5.74, 6) is 2.73. The maximum Gasteiger partial charge on any atom is 0.219 e. The van der Waals surface area contributed by atoms with Gasteiger partial charge in [0.05, 0.1) is 19.3 Å². The standard InChI is InChI=1S/C20H24N6O2.HI/c1-21-20(24-14-16-10-11-25-26(16)2)23-13-15-4-9-19(22-12-15)28-18-7-5-17(27-3)6-8-18;/h4-12H,13-14H2,1-3H3,(H2,21,23,24);1H. The third kappa shape index (κ3) is 6.63. The summed E-state index contributed by atoms with van der Waals surface area (Å²) in [6.07, 6.45) is 3.55. The first-order valence-corrected chi connectivity index (χ1v) is 8.86. The zero-order chi connectivity index (χ0) is 19.8. The van der Waals surface area contributed by atoms with Gasteiger partial charge >= 0.3 is 0 Å². The minimum absolute atomic E-state index is 0. The Morgan fingerprint density at radius 3 is 2.34 bits per heavy atom. The Bertz CT molecular complexity index is 909. The van der Waals surface area contributed by atoms with Crippen LogP contribution in [-0.2, 0) is 20.1 Å². The van der Waals surface area contributed by atoms with Gasteiger partial charge in [0, 0.05) is 39.1 Å². The van der Waals surface area contributed by atoms with Crippen LogP contribution in [-0.4, -0.2) is 34.9 Å². The number of hydrogen-bond acceptors (Lipinski definition) is 5. The topological polar surface area (TPSA) is 85.6 Å². The molecule has 0 saturated heterocycles. The molecule has 0 aliphatic heterocycles. The van der Waals surface area contributed by atoms with Crippen LogP contribution in [0.1, 0.15) is 11.3 Å². The number of aliphatic imine (C=N–C) groups is 1. The lowest BCUT2D eigenvalue weighted by molar-refractivity contribution is 0.412. The summed E-state index contributed by atoms with van der Waals surface area (Å²) < 4.78 is 12.7. The van der Waals surface area contributed by atoms with Crippen LogP contribution in [0, 0.1) is 0 Å². The van der Waals surface area contributed by atoms with Crippen LogP contribution >= 0.6 is 24.0 Å². The lowest BCUT2D eigenvalue weighted by Gasteiger charge is -2.12. The van der Waals surface area contributed by atoms with Crippen molar-refractivity contribution in [3.63, 3.8) is 0 Å². The smallest absolute Gasteiger partial charge is 0.219 e. The summed E-state index contributed by atoms with van der Waals surface area (Å²) in [5.41, 5.74) is 2.09. The number of nitrogens with one attached hydrogen (secondary N) is 2. The van der Waals surface area contributed by atoms with E-state index in [1.54, 1.807) is 26.6 Å². The molecule has 0 bridgehead atoms. The van der Waals surface area contributed by atoms with Crippen LogP contribution in [0.3, 0.4) is 0 Å². The SMILES string of the molecule is CN=C(NCc1ccc(Oc2ccc(OC)cc2)nc1)NCc1ccnn1C.I. The molecule has 154 valence electrons. The van der Waals surface area contributed by atoms with Crippen molar-refractivity contribution >= 4 is 29.9 Å². The van der Waals surface area contributed by atoms with E-state index < -0.39 is 0 Å². The highest BCUT2D eigenvalue weighted by Gasteiger charge is 2.03. The predicted molar refractivity (Wildman–Crippen MR) is 123 cm³/mol. The average molecular weight is 508 g/mol. The zero-order valence-electron chi connectivity index (χ0n) is 16.6. The Labute approximate surface area is 187 Å². The van der Waals surface area contributed by atoms with E-state index in [0.29, 0.717) is 30.7 Å².